The van der Waals surface area contributed by atoms with Crippen LogP contribution in [0.1, 0.15) is 41.5 Å². The fourth-order valence-corrected chi connectivity index (χ4v) is 5.61. The van der Waals surface area contributed by atoms with E-state index < -0.39 is 0 Å². The molecule has 0 radical (unpaired) electrons. The van der Waals surface area contributed by atoms with Crippen molar-refractivity contribution in [3.05, 3.63) is 86.9 Å². The van der Waals surface area contributed by atoms with Crippen molar-refractivity contribution in [3.63, 3.8) is 0 Å². The van der Waals surface area contributed by atoms with Crippen molar-refractivity contribution in [3.8, 4) is 11.4 Å². The lowest BCUT2D eigenvalue weighted by molar-refractivity contribution is 0.0599. The molecule has 5 nitrogen and oxygen atoms in total. The van der Waals surface area contributed by atoms with E-state index in [1.165, 1.54) is 24.3 Å². The van der Waals surface area contributed by atoms with Crippen LogP contribution in [0, 0.1) is 5.82 Å². The van der Waals surface area contributed by atoms with Crippen LogP contribution in [-0.4, -0.2) is 34.0 Å². The Hall–Kier alpha value is -2.80. The molecule has 1 aromatic heterocycles. The molecule has 2 heterocycles. The van der Waals surface area contributed by atoms with Crippen molar-refractivity contribution in [1.82, 2.24) is 14.5 Å². The fraction of sp³-hybridized carbons (Fsp3) is 0.231. The molecule has 0 spiro atoms. The van der Waals surface area contributed by atoms with Crippen LogP contribution in [-0.2, 0) is 0 Å². The van der Waals surface area contributed by atoms with Crippen molar-refractivity contribution in [2.45, 2.75) is 25.3 Å². The maximum atomic E-state index is 14.1. The summed E-state index contributed by atoms with van der Waals surface area (Å²) in [6.07, 6.45) is 2.44. The minimum absolute atomic E-state index is 0.197. The van der Waals surface area contributed by atoms with Crippen LogP contribution in [0.3, 0.4) is 0 Å². The summed E-state index contributed by atoms with van der Waals surface area (Å²) >= 11 is 18.8. The molecule has 0 aliphatic carbocycles. The first-order valence-electron chi connectivity index (χ1n) is 11.1. The molecule has 1 amide bonds. The maximum Gasteiger partial charge on any atom is 0.257 e. The minimum atomic E-state index is -0.375. The highest BCUT2D eigenvalue weighted by molar-refractivity contribution is 6.42. The Morgan fingerprint density at radius 3 is 2.43 bits per heavy atom. The molecule has 1 aliphatic rings. The third-order valence-corrected chi connectivity index (χ3v) is 7.07. The van der Waals surface area contributed by atoms with Gasteiger partial charge in [0.05, 0.1) is 39.8 Å². The number of benzene rings is 3. The van der Waals surface area contributed by atoms with Gasteiger partial charge in [0.25, 0.3) is 5.91 Å². The quantitative estimate of drug-likeness (QED) is 0.273. The molecule has 180 valence electrons. The topological polar surface area (TPSA) is 47.4 Å². The Morgan fingerprint density at radius 2 is 1.74 bits per heavy atom. The molecular weight excluding hydrogens is 512 g/mol. The molecule has 4 aromatic rings. The molecular formula is C26H21Cl3FN3O2. The van der Waals surface area contributed by atoms with Crippen LogP contribution >= 0.6 is 34.8 Å². The van der Waals surface area contributed by atoms with E-state index >= 15 is 0 Å². The number of nitrogens with zero attached hydrogens (tertiary/aromatic N) is 3. The van der Waals surface area contributed by atoms with Gasteiger partial charge in [-0.25, -0.2) is 9.37 Å². The number of fused-ring (bicyclic) bond motifs is 1. The second-order valence-electron chi connectivity index (χ2n) is 8.39. The lowest BCUT2D eigenvalue weighted by Crippen LogP contribution is -2.40. The molecule has 1 unspecified atom stereocenters. The number of likely N-dealkylation sites (tertiary alicyclic amines) is 1. The molecule has 9 heteroatoms. The highest BCUT2D eigenvalue weighted by atomic mass is 35.5. The van der Waals surface area contributed by atoms with E-state index in [9.17, 15) is 9.18 Å². The van der Waals surface area contributed by atoms with E-state index in [-0.39, 0.29) is 33.4 Å². The summed E-state index contributed by atoms with van der Waals surface area (Å²) in [5.41, 5.74) is 2.29. The standard InChI is InChI=1S/C26H21Cl3FN3O2/c1-35-18-8-6-17(7-9-18)33-22-10-5-16(30)14-21(22)31-25(33)23-4-2-3-11-32(23)26(34)24-19(28)12-15(27)13-20(24)29/h5-10,12-14,23H,2-4,11H2,1H3. The van der Waals surface area contributed by atoms with Crippen molar-refractivity contribution in [1.29, 1.82) is 0 Å². The number of piperidine rings is 1. The molecule has 1 saturated heterocycles. The number of carbonyl (C=O) groups is 1. The van der Waals surface area contributed by atoms with E-state index in [4.69, 9.17) is 44.5 Å². The lowest BCUT2D eigenvalue weighted by atomic mass is 9.99. The number of rotatable bonds is 4. The summed E-state index contributed by atoms with van der Waals surface area (Å²) < 4.78 is 21.4. The number of amides is 1. The van der Waals surface area contributed by atoms with Crippen molar-refractivity contribution in [2.75, 3.05) is 13.7 Å². The largest absolute Gasteiger partial charge is 0.497 e. The second kappa shape index (κ2) is 9.69. The number of hydrogen-bond donors (Lipinski definition) is 0. The van der Waals surface area contributed by atoms with E-state index in [0.29, 0.717) is 35.1 Å². The first-order chi connectivity index (χ1) is 16.9. The van der Waals surface area contributed by atoms with Crippen molar-refractivity contribution >= 4 is 51.7 Å². The SMILES string of the molecule is COc1ccc(-n2c(C3CCCCN3C(=O)c3c(Cl)cc(Cl)cc3Cl)nc3cc(F)ccc32)cc1. The van der Waals surface area contributed by atoms with Gasteiger partial charge in [0, 0.05) is 23.3 Å². The summed E-state index contributed by atoms with van der Waals surface area (Å²) in [7, 11) is 1.61. The highest BCUT2D eigenvalue weighted by Crippen LogP contribution is 2.38. The maximum absolute atomic E-state index is 14.1. The van der Waals surface area contributed by atoms with E-state index in [1.54, 1.807) is 18.1 Å². The normalized spacial score (nSPS) is 16.0. The van der Waals surface area contributed by atoms with Gasteiger partial charge in [-0.2, -0.15) is 0 Å². The molecule has 1 atom stereocenters. The lowest BCUT2D eigenvalue weighted by Gasteiger charge is -2.36. The molecule has 1 aliphatic heterocycles. The zero-order chi connectivity index (χ0) is 24.7. The van der Waals surface area contributed by atoms with Gasteiger partial charge in [-0.05, 0) is 67.8 Å². The van der Waals surface area contributed by atoms with Crippen LogP contribution in [0.4, 0.5) is 4.39 Å². The van der Waals surface area contributed by atoms with Gasteiger partial charge in [-0.3, -0.25) is 9.36 Å². The minimum Gasteiger partial charge on any atom is -0.497 e. The van der Waals surface area contributed by atoms with E-state index in [2.05, 4.69) is 0 Å². The number of ether oxygens (including phenoxy) is 1. The van der Waals surface area contributed by atoms with Gasteiger partial charge in [0.15, 0.2) is 0 Å². The molecule has 0 N–H and O–H groups in total. The number of aromatic nitrogens is 2. The Bertz CT molecular complexity index is 1400. The number of carbonyl (C=O) groups excluding carboxylic acids is 1. The van der Waals surface area contributed by atoms with Gasteiger partial charge < -0.3 is 9.64 Å². The Kier molecular flexibility index (Phi) is 6.62. The second-order valence-corrected chi connectivity index (χ2v) is 9.64. The fourth-order valence-electron chi connectivity index (χ4n) is 4.63. The molecule has 5 rings (SSSR count). The van der Waals surface area contributed by atoms with Crippen molar-refractivity contribution < 1.29 is 13.9 Å². The number of hydrogen-bond acceptors (Lipinski definition) is 3. The molecule has 1 fully saturated rings. The molecule has 0 saturated carbocycles. The zero-order valence-corrected chi connectivity index (χ0v) is 21.0. The van der Waals surface area contributed by atoms with E-state index in [1.807, 2.05) is 28.8 Å². The van der Waals surface area contributed by atoms with Crippen LogP contribution in [0.15, 0.2) is 54.6 Å². The first-order valence-corrected chi connectivity index (χ1v) is 12.3. The Labute approximate surface area is 217 Å². The highest BCUT2D eigenvalue weighted by Gasteiger charge is 2.34. The molecule has 3 aromatic carbocycles. The zero-order valence-electron chi connectivity index (χ0n) is 18.8. The van der Waals surface area contributed by atoms with Gasteiger partial charge in [-0.1, -0.05) is 34.8 Å². The third-order valence-electron chi connectivity index (χ3n) is 6.26. The molecule has 0 bridgehead atoms. The molecule has 35 heavy (non-hydrogen) atoms. The number of halogens is 4. The van der Waals surface area contributed by atoms with Gasteiger partial charge >= 0.3 is 0 Å². The third kappa shape index (κ3) is 4.46. The monoisotopic (exact) mass is 531 g/mol. The summed E-state index contributed by atoms with van der Waals surface area (Å²) in [5, 5.41) is 0.750. The van der Waals surface area contributed by atoms with Gasteiger partial charge in [-0.15, -0.1) is 0 Å². The predicted octanol–water partition coefficient (Wildman–Crippen LogP) is 7.50. The van der Waals surface area contributed by atoms with Crippen LogP contribution in [0.5, 0.6) is 5.75 Å². The average molecular weight is 533 g/mol. The first kappa shape index (κ1) is 23.9. The summed E-state index contributed by atoms with van der Waals surface area (Å²) in [4.78, 5) is 20.3. The van der Waals surface area contributed by atoms with Crippen LogP contribution < -0.4 is 4.74 Å². The summed E-state index contributed by atoms with van der Waals surface area (Å²) in [6, 6.07) is 14.7. The van der Waals surface area contributed by atoms with Gasteiger partial charge in [0.2, 0.25) is 0 Å². The Balaban J connectivity index is 1.66. The summed E-state index contributed by atoms with van der Waals surface area (Å²) in [5.74, 6) is 0.693. The van der Waals surface area contributed by atoms with Gasteiger partial charge in [0.1, 0.15) is 17.4 Å². The van der Waals surface area contributed by atoms with E-state index in [0.717, 1.165) is 24.0 Å². The predicted molar refractivity (Wildman–Crippen MR) is 137 cm³/mol. The smallest absolute Gasteiger partial charge is 0.257 e. The van der Waals surface area contributed by atoms with Crippen LogP contribution in [0.2, 0.25) is 15.1 Å². The van der Waals surface area contributed by atoms with Crippen molar-refractivity contribution in [2.24, 2.45) is 0 Å². The van der Waals surface area contributed by atoms with Crippen LogP contribution in [0.25, 0.3) is 16.7 Å². The number of imidazole rings is 1. The summed E-state index contributed by atoms with van der Waals surface area (Å²) in [6.45, 7) is 0.513. The number of methoxy groups -OCH3 is 1. The average Bonchev–Trinajstić information content (AvgIpc) is 3.21. The Morgan fingerprint density at radius 1 is 1.03 bits per heavy atom.